The molecule has 0 aromatic rings. The average Bonchev–Trinajstić information content (AvgIpc) is 2.03. The van der Waals surface area contributed by atoms with Crippen molar-refractivity contribution in [3.8, 4) is 0 Å². The Bertz CT molecular complexity index is 92.3. The lowest BCUT2D eigenvalue weighted by Gasteiger charge is -1.99. The second-order valence-electron chi connectivity index (χ2n) is 2.31. The molecule has 0 fully saturated rings. The third-order valence-corrected chi connectivity index (χ3v) is 1.27. The lowest BCUT2D eigenvalue weighted by atomic mass is 10.3. The van der Waals surface area contributed by atoms with Gasteiger partial charge in [0.25, 0.3) is 0 Å². The van der Waals surface area contributed by atoms with Crippen LogP contribution in [0, 0.1) is 10.8 Å². The minimum Gasteiger partial charge on any atom is -0.381 e. The van der Waals surface area contributed by atoms with Crippen LogP contribution >= 0.6 is 0 Å². The fourth-order valence-electron chi connectivity index (χ4n) is 0.677. The first-order valence-corrected chi connectivity index (χ1v) is 3.97. The van der Waals surface area contributed by atoms with Gasteiger partial charge in [0.2, 0.25) is 0 Å². The van der Waals surface area contributed by atoms with Crippen LogP contribution in [-0.2, 0) is 4.74 Å². The maximum atomic E-state index is 6.74. The summed E-state index contributed by atoms with van der Waals surface area (Å²) in [5.74, 6) is 0. The molecule has 0 spiro atoms. The van der Waals surface area contributed by atoms with Crippen molar-refractivity contribution in [2.24, 2.45) is 0 Å². The van der Waals surface area contributed by atoms with Crippen LogP contribution in [0.1, 0.15) is 25.7 Å². The first-order chi connectivity index (χ1) is 5.41. The number of hydrogen-bond acceptors (Lipinski definition) is 3. The molecule has 2 N–H and O–H groups in total. The van der Waals surface area contributed by atoms with E-state index in [0.29, 0.717) is 0 Å². The Hall–Kier alpha value is -0.700. The van der Waals surface area contributed by atoms with E-state index in [9.17, 15) is 0 Å². The van der Waals surface area contributed by atoms with Crippen molar-refractivity contribution in [2.75, 3.05) is 13.2 Å². The lowest BCUT2D eigenvalue weighted by molar-refractivity contribution is 0.132. The second kappa shape index (κ2) is 9.30. The second-order valence-corrected chi connectivity index (χ2v) is 2.31. The molecule has 0 saturated carbocycles. The highest BCUT2D eigenvalue weighted by molar-refractivity contribution is 5.52. The zero-order valence-electron chi connectivity index (χ0n) is 6.81. The molecule has 0 amide bonds. The Kier molecular flexibility index (Phi) is 8.71. The van der Waals surface area contributed by atoms with Crippen molar-refractivity contribution in [1.82, 2.24) is 0 Å². The van der Waals surface area contributed by atoms with Gasteiger partial charge in [0.1, 0.15) is 0 Å². The van der Waals surface area contributed by atoms with Gasteiger partial charge in [0.05, 0.1) is 0 Å². The van der Waals surface area contributed by atoms with E-state index in [1.807, 2.05) is 0 Å². The lowest BCUT2D eigenvalue weighted by Crippen LogP contribution is -1.97. The molecule has 0 rings (SSSR count). The summed E-state index contributed by atoms with van der Waals surface area (Å²) in [4.78, 5) is 0. The molecule has 0 unspecified atom stereocenters. The van der Waals surface area contributed by atoms with Crippen molar-refractivity contribution >= 4 is 12.4 Å². The van der Waals surface area contributed by atoms with Crippen LogP contribution in [0.3, 0.4) is 0 Å². The first-order valence-electron chi connectivity index (χ1n) is 3.97. The summed E-state index contributed by atoms with van der Waals surface area (Å²) in [7, 11) is 0. The third kappa shape index (κ3) is 9.30. The van der Waals surface area contributed by atoms with E-state index in [1.165, 1.54) is 12.4 Å². The van der Waals surface area contributed by atoms with Crippen LogP contribution in [0.15, 0.2) is 0 Å². The molecule has 3 heteroatoms. The van der Waals surface area contributed by atoms with E-state index in [4.69, 9.17) is 15.6 Å². The summed E-state index contributed by atoms with van der Waals surface area (Å²) in [6, 6.07) is 0. The van der Waals surface area contributed by atoms with Gasteiger partial charge in [0.15, 0.2) is 0 Å². The Morgan fingerprint density at radius 3 is 1.73 bits per heavy atom. The van der Waals surface area contributed by atoms with E-state index in [-0.39, 0.29) is 0 Å². The topological polar surface area (TPSA) is 56.9 Å². The quantitative estimate of drug-likeness (QED) is 0.409. The summed E-state index contributed by atoms with van der Waals surface area (Å²) in [6.07, 6.45) is 6.30. The fraction of sp³-hybridized carbons (Fsp3) is 0.750. The molecule has 0 saturated heterocycles. The molecule has 0 atom stereocenters. The van der Waals surface area contributed by atoms with E-state index in [0.717, 1.165) is 38.9 Å². The predicted octanol–water partition coefficient (Wildman–Crippen LogP) is 1.86. The normalized spacial score (nSPS) is 9.45. The molecule has 0 radical (unpaired) electrons. The molecule has 0 aromatic heterocycles. The molecule has 0 aliphatic heterocycles. The van der Waals surface area contributed by atoms with Crippen LogP contribution in [0.5, 0.6) is 0 Å². The zero-order chi connectivity index (χ0) is 8.36. The summed E-state index contributed by atoms with van der Waals surface area (Å²) >= 11 is 0. The van der Waals surface area contributed by atoms with E-state index >= 15 is 0 Å². The van der Waals surface area contributed by atoms with Gasteiger partial charge in [-0.1, -0.05) is 0 Å². The van der Waals surface area contributed by atoms with Gasteiger partial charge in [-0.3, -0.25) is 0 Å². The highest BCUT2D eigenvalue weighted by Crippen LogP contribution is 1.90. The van der Waals surface area contributed by atoms with Gasteiger partial charge in [0, 0.05) is 13.2 Å². The average molecular weight is 156 g/mol. The number of unbranched alkanes of at least 4 members (excludes halogenated alkanes) is 2. The van der Waals surface area contributed by atoms with E-state index in [1.54, 1.807) is 0 Å². The SMILES string of the molecule is N=CCCCOCCCC=N. The summed E-state index contributed by atoms with van der Waals surface area (Å²) in [5.41, 5.74) is 0. The van der Waals surface area contributed by atoms with Crippen LogP contribution in [-0.4, -0.2) is 25.6 Å². The summed E-state index contributed by atoms with van der Waals surface area (Å²) in [5, 5.41) is 13.5. The minimum absolute atomic E-state index is 0.743. The molecule has 3 nitrogen and oxygen atoms in total. The summed E-state index contributed by atoms with van der Waals surface area (Å²) < 4.78 is 5.23. The predicted molar refractivity (Wildman–Crippen MR) is 46.9 cm³/mol. The minimum atomic E-state index is 0.743. The molecular weight excluding hydrogens is 140 g/mol. The van der Waals surface area contributed by atoms with Gasteiger partial charge in [-0.25, -0.2) is 0 Å². The highest BCUT2D eigenvalue weighted by Gasteiger charge is 1.86. The van der Waals surface area contributed by atoms with Gasteiger partial charge in [-0.2, -0.15) is 0 Å². The van der Waals surface area contributed by atoms with E-state index in [2.05, 4.69) is 0 Å². The Morgan fingerprint density at radius 1 is 0.909 bits per heavy atom. The van der Waals surface area contributed by atoms with Crippen molar-refractivity contribution in [3.05, 3.63) is 0 Å². The van der Waals surface area contributed by atoms with Crippen LogP contribution in [0.2, 0.25) is 0 Å². The Labute approximate surface area is 67.8 Å². The number of hydrogen-bond donors (Lipinski definition) is 2. The van der Waals surface area contributed by atoms with Crippen LogP contribution in [0.4, 0.5) is 0 Å². The monoisotopic (exact) mass is 156 g/mol. The smallest absolute Gasteiger partial charge is 0.0469 e. The van der Waals surface area contributed by atoms with Crippen molar-refractivity contribution in [3.63, 3.8) is 0 Å². The van der Waals surface area contributed by atoms with Crippen molar-refractivity contribution < 1.29 is 4.74 Å². The number of rotatable bonds is 8. The highest BCUT2D eigenvalue weighted by atomic mass is 16.5. The van der Waals surface area contributed by atoms with Crippen LogP contribution < -0.4 is 0 Å². The largest absolute Gasteiger partial charge is 0.381 e. The standard InChI is InChI=1S/C8H16N2O/c9-5-1-3-7-11-8-4-2-6-10/h5-6,9-10H,1-4,7-8H2. The Balaban J connectivity index is 2.79. The maximum absolute atomic E-state index is 6.74. The zero-order valence-corrected chi connectivity index (χ0v) is 6.81. The molecule has 0 aliphatic rings. The molecule has 11 heavy (non-hydrogen) atoms. The molecule has 0 aromatic carbocycles. The van der Waals surface area contributed by atoms with E-state index < -0.39 is 0 Å². The summed E-state index contributed by atoms with van der Waals surface area (Å²) in [6.45, 7) is 1.49. The molecule has 64 valence electrons. The number of ether oxygens (including phenoxy) is 1. The first kappa shape index (κ1) is 10.3. The van der Waals surface area contributed by atoms with Gasteiger partial charge in [-0.15, -0.1) is 0 Å². The van der Waals surface area contributed by atoms with Gasteiger partial charge >= 0.3 is 0 Å². The number of nitrogens with one attached hydrogen (secondary N) is 2. The molecule has 0 heterocycles. The molecule has 0 aliphatic carbocycles. The maximum Gasteiger partial charge on any atom is 0.0469 e. The van der Waals surface area contributed by atoms with Crippen LogP contribution in [0.25, 0.3) is 0 Å². The fourth-order valence-corrected chi connectivity index (χ4v) is 0.677. The third-order valence-electron chi connectivity index (χ3n) is 1.27. The molecular formula is C8H16N2O. The van der Waals surface area contributed by atoms with Crippen molar-refractivity contribution in [2.45, 2.75) is 25.7 Å². The molecule has 0 bridgehead atoms. The van der Waals surface area contributed by atoms with Gasteiger partial charge in [-0.05, 0) is 38.1 Å². The Morgan fingerprint density at radius 2 is 1.36 bits per heavy atom. The van der Waals surface area contributed by atoms with Crippen molar-refractivity contribution in [1.29, 1.82) is 10.8 Å². The van der Waals surface area contributed by atoms with Gasteiger partial charge < -0.3 is 15.6 Å².